The molecule has 0 spiro atoms. The van der Waals surface area contributed by atoms with Gasteiger partial charge in [-0.15, -0.1) is 0 Å². The smallest absolute Gasteiger partial charge is 0.253 e. The van der Waals surface area contributed by atoms with Crippen LogP contribution in [0.3, 0.4) is 0 Å². The molecule has 0 saturated carbocycles. The molecule has 0 bridgehead atoms. The van der Waals surface area contributed by atoms with Gasteiger partial charge in [0.25, 0.3) is 5.91 Å². The van der Waals surface area contributed by atoms with Crippen molar-refractivity contribution in [3.8, 4) is 0 Å². The van der Waals surface area contributed by atoms with Gasteiger partial charge < -0.3 is 20.4 Å². The zero-order valence-corrected chi connectivity index (χ0v) is 19.3. The predicted molar refractivity (Wildman–Crippen MR) is 131 cm³/mol. The van der Waals surface area contributed by atoms with Crippen LogP contribution in [0.4, 0.5) is 5.69 Å². The Hall–Kier alpha value is -3.35. The van der Waals surface area contributed by atoms with Crippen LogP contribution in [-0.4, -0.2) is 49.4 Å². The van der Waals surface area contributed by atoms with E-state index in [-0.39, 0.29) is 11.8 Å². The lowest BCUT2D eigenvalue weighted by Crippen LogP contribution is -2.36. The summed E-state index contributed by atoms with van der Waals surface area (Å²) in [5.41, 5.74) is 3.93. The molecule has 2 saturated heterocycles. The topological polar surface area (TPSA) is 77.0 Å². The second kappa shape index (κ2) is 11.0. The van der Waals surface area contributed by atoms with Crippen molar-refractivity contribution in [2.75, 3.05) is 31.6 Å². The zero-order chi connectivity index (χ0) is 23.0. The second-order valence-corrected chi connectivity index (χ2v) is 8.64. The van der Waals surface area contributed by atoms with E-state index >= 15 is 0 Å². The van der Waals surface area contributed by atoms with E-state index in [2.05, 4.69) is 15.6 Å². The summed E-state index contributed by atoms with van der Waals surface area (Å²) >= 11 is 0. The Morgan fingerprint density at radius 1 is 0.848 bits per heavy atom. The van der Waals surface area contributed by atoms with E-state index in [0.717, 1.165) is 61.3 Å². The lowest BCUT2D eigenvalue weighted by atomic mass is 10.1. The molecule has 2 aliphatic rings. The van der Waals surface area contributed by atoms with Crippen LogP contribution in [0.25, 0.3) is 0 Å². The van der Waals surface area contributed by atoms with E-state index in [0.29, 0.717) is 25.5 Å². The van der Waals surface area contributed by atoms with Crippen LogP contribution in [0.2, 0.25) is 0 Å². The summed E-state index contributed by atoms with van der Waals surface area (Å²) < 4.78 is 0. The highest BCUT2D eigenvalue weighted by atomic mass is 16.2. The van der Waals surface area contributed by atoms with Crippen LogP contribution in [0, 0.1) is 0 Å². The fourth-order valence-electron chi connectivity index (χ4n) is 4.35. The molecule has 7 nitrogen and oxygen atoms in total. The summed E-state index contributed by atoms with van der Waals surface area (Å²) in [7, 11) is 1.75. The molecule has 0 atom stereocenters. The van der Waals surface area contributed by atoms with Gasteiger partial charge in [-0.25, -0.2) is 0 Å². The van der Waals surface area contributed by atoms with Gasteiger partial charge >= 0.3 is 0 Å². The van der Waals surface area contributed by atoms with Crippen molar-refractivity contribution in [2.24, 2.45) is 4.99 Å². The van der Waals surface area contributed by atoms with Crippen molar-refractivity contribution >= 4 is 23.5 Å². The van der Waals surface area contributed by atoms with Crippen LogP contribution >= 0.6 is 0 Å². The number of aliphatic imine (C=N–C) groups is 1. The molecule has 2 aliphatic heterocycles. The quantitative estimate of drug-likeness (QED) is 0.526. The summed E-state index contributed by atoms with van der Waals surface area (Å²) in [6.45, 7) is 3.79. The SMILES string of the molecule is CN=C(NCc1ccc(C(=O)N2CCCCC2)cc1)NCc1ccc(N2CCCC2=O)cc1. The van der Waals surface area contributed by atoms with E-state index < -0.39 is 0 Å². The minimum Gasteiger partial charge on any atom is -0.352 e. The highest BCUT2D eigenvalue weighted by Gasteiger charge is 2.21. The van der Waals surface area contributed by atoms with Crippen LogP contribution in [0.15, 0.2) is 53.5 Å². The molecule has 2 aromatic rings. The standard InChI is InChI=1S/C26H33N5O2/c1-27-26(29-19-21-9-13-23(14-10-21)31-17-5-6-24(31)32)28-18-20-7-11-22(12-8-20)25(33)30-15-3-2-4-16-30/h7-14H,2-6,15-19H2,1H3,(H2,27,28,29). The van der Waals surface area contributed by atoms with E-state index in [1.807, 2.05) is 58.3 Å². The molecular weight excluding hydrogens is 414 g/mol. The third-order valence-electron chi connectivity index (χ3n) is 6.31. The molecule has 0 unspecified atom stereocenters. The number of hydrogen-bond acceptors (Lipinski definition) is 3. The molecule has 0 aromatic heterocycles. The van der Waals surface area contributed by atoms with Gasteiger partial charge in [0.1, 0.15) is 0 Å². The Kier molecular flexibility index (Phi) is 7.60. The predicted octanol–water partition coefficient (Wildman–Crippen LogP) is 3.30. The normalized spacial score (nSPS) is 16.8. The van der Waals surface area contributed by atoms with Crippen LogP contribution in [0.1, 0.15) is 53.6 Å². The van der Waals surface area contributed by atoms with Gasteiger partial charge in [-0.3, -0.25) is 14.6 Å². The van der Waals surface area contributed by atoms with Crippen LogP contribution in [0.5, 0.6) is 0 Å². The van der Waals surface area contributed by atoms with Gasteiger partial charge in [-0.05, 0) is 61.1 Å². The third-order valence-corrected chi connectivity index (χ3v) is 6.31. The number of carbonyl (C=O) groups is 2. The van der Waals surface area contributed by atoms with Gasteiger partial charge in [-0.2, -0.15) is 0 Å². The van der Waals surface area contributed by atoms with Crippen molar-refractivity contribution < 1.29 is 9.59 Å². The molecule has 2 aromatic carbocycles. The Labute approximate surface area is 195 Å². The van der Waals surface area contributed by atoms with Crippen molar-refractivity contribution in [3.63, 3.8) is 0 Å². The van der Waals surface area contributed by atoms with Crippen molar-refractivity contribution in [2.45, 2.75) is 45.2 Å². The molecule has 4 rings (SSSR count). The highest BCUT2D eigenvalue weighted by molar-refractivity contribution is 5.95. The highest BCUT2D eigenvalue weighted by Crippen LogP contribution is 2.21. The molecule has 2 amide bonds. The van der Waals surface area contributed by atoms with Crippen molar-refractivity contribution in [1.82, 2.24) is 15.5 Å². The van der Waals surface area contributed by atoms with Gasteiger partial charge in [0.15, 0.2) is 5.96 Å². The molecular formula is C26H33N5O2. The monoisotopic (exact) mass is 447 g/mol. The summed E-state index contributed by atoms with van der Waals surface area (Å²) in [5, 5.41) is 6.64. The first kappa shape index (κ1) is 22.8. The number of anilines is 1. The largest absolute Gasteiger partial charge is 0.352 e. The molecule has 7 heteroatoms. The third kappa shape index (κ3) is 5.92. The summed E-state index contributed by atoms with van der Waals surface area (Å²) in [6, 6.07) is 15.9. The van der Waals surface area contributed by atoms with Gasteiger partial charge in [0.2, 0.25) is 5.91 Å². The molecule has 174 valence electrons. The molecule has 0 radical (unpaired) electrons. The summed E-state index contributed by atoms with van der Waals surface area (Å²) in [5.74, 6) is 1.04. The fraction of sp³-hybridized carbons (Fsp3) is 0.423. The first-order valence-electron chi connectivity index (χ1n) is 11.9. The Morgan fingerprint density at radius 3 is 2.00 bits per heavy atom. The number of nitrogens with zero attached hydrogens (tertiary/aromatic N) is 3. The fourth-order valence-corrected chi connectivity index (χ4v) is 4.35. The first-order valence-corrected chi connectivity index (χ1v) is 11.9. The number of nitrogens with one attached hydrogen (secondary N) is 2. The lowest BCUT2D eigenvalue weighted by Gasteiger charge is -2.26. The molecule has 2 heterocycles. The van der Waals surface area contributed by atoms with E-state index in [9.17, 15) is 9.59 Å². The number of guanidine groups is 1. The molecule has 2 N–H and O–H groups in total. The zero-order valence-electron chi connectivity index (χ0n) is 19.3. The number of carbonyl (C=O) groups excluding carboxylic acids is 2. The number of likely N-dealkylation sites (tertiary alicyclic amines) is 1. The number of piperidine rings is 1. The Morgan fingerprint density at radius 2 is 1.45 bits per heavy atom. The molecule has 0 aliphatic carbocycles. The van der Waals surface area contributed by atoms with Gasteiger partial charge in [-0.1, -0.05) is 24.3 Å². The van der Waals surface area contributed by atoms with E-state index in [1.54, 1.807) is 7.05 Å². The number of amides is 2. The Bertz CT molecular complexity index is 979. The van der Waals surface area contributed by atoms with Crippen molar-refractivity contribution in [1.29, 1.82) is 0 Å². The van der Waals surface area contributed by atoms with Crippen molar-refractivity contribution in [3.05, 3.63) is 65.2 Å². The van der Waals surface area contributed by atoms with E-state index in [1.165, 1.54) is 6.42 Å². The average molecular weight is 448 g/mol. The van der Waals surface area contributed by atoms with Gasteiger partial charge in [0, 0.05) is 57.4 Å². The second-order valence-electron chi connectivity index (χ2n) is 8.64. The van der Waals surface area contributed by atoms with Gasteiger partial charge in [0.05, 0.1) is 0 Å². The minimum absolute atomic E-state index is 0.131. The first-order chi connectivity index (χ1) is 16.1. The lowest BCUT2D eigenvalue weighted by molar-refractivity contribution is -0.117. The maximum Gasteiger partial charge on any atom is 0.253 e. The van der Waals surface area contributed by atoms with Crippen LogP contribution < -0.4 is 15.5 Å². The maximum atomic E-state index is 12.6. The number of rotatable bonds is 6. The van der Waals surface area contributed by atoms with Crippen LogP contribution in [-0.2, 0) is 17.9 Å². The maximum absolute atomic E-state index is 12.6. The minimum atomic E-state index is 0.131. The number of benzene rings is 2. The average Bonchev–Trinajstić information content (AvgIpc) is 3.30. The number of hydrogen-bond donors (Lipinski definition) is 2. The molecule has 33 heavy (non-hydrogen) atoms. The van der Waals surface area contributed by atoms with E-state index in [4.69, 9.17) is 0 Å². The summed E-state index contributed by atoms with van der Waals surface area (Å²) in [6.07, 6.45) is 4.99. The molecule has 2 fully saturated rings. The Balaban J connectivity index is 1.24. The summed E-state index contributed by atoms with van der Waals surface area (Å²) in [4.78, 5) is 32.6.